The Bertz CT molecular complexity index is 484. The largest absolute Gasteiger partial charge is 0.480 e. The van der Waals surface area contributed by atoms with Gasteiger partial charge in [0.05, 0.1) is 6.54 Å². The molecule has 4 nitrogen and oxygen atoms in total. The summed E-state index contributed by atoms with van der Waals surface area (Å²) in [4.78, 5) is 15.3. The molecule has 0 spiro atoms. The number of carboxylic acid groups (broad SMARTS) is 1. The molecule has 0 amide bonds. The van der Waals surface area contributed by atoms with Crippen LogP contribution in [0.1, 0.15) is 37.8 Å². The highest BCUT2D eigenvalue weighted by atomic mass is 35.5. The fraction of sp³-hybridized carbons (Fsp3) is 0.588. The highest BCUT2D eigenvalue weighted by Gasteiger charge is 2.27. The van der Waals surface area contributed by atoms with E-state index in [9.17, 15) is 4.79 Å². The molecule has 2 rings (SSSR count). The minimum Gasteiger partial charge on any atom is -0.480 e. The Morgan fingerprint density at radius 3 is 2.45 bits per heavy atom. The highest BCUT2D eigenvalue weighted by Crippen LogP contribution is 2.29. The van der Waals surface area contributed by atoms with Crippen LogP contribution < -0.4 is 0 Å². The molecule has 122 valence electrons. The standard InChI is InChI=1S/C17H25ClN2O2/c1-3-16(13-4-6-14(18)7-5-13)20-10-8-15(9-11-20)19(2)12-17(21)22/h4-7,15-16H,3,8-12H2,1-2H3,(H,21,22). The monoisotopic (exact) mass is 324 g/mol. The number of halogens is 1. The van der Waals surface area contributed by atoms with Crippen molar-refractivity contribution in [2.45, 2.75) is 38.3 Å². The molecule has 1 unspecified atom stereocenters. The van der Waals surface area contributed by atoms with Gasteiger partial charge in [0.15, 0.2) is 0 Å². The van der Waals surface area contributed by atoms with Gasteiger partial charge in [0, 0.05) is 30.2 Å². The minimum absolute atomic E-state index is 0.124. The molecule has 22 heavy (non-hydrogen) atoms. The van der Waals surface area contributed by atoms with Gasteiger partial charge in [-0.15, -0.1) is 0 Å². The van der Waals surface area contributed by atoms with Crippen LogP contribution in [0.25, 0.3) is 0 Å². The van der Waals surface area contributed by atoms with Crippen LogP contribution in [0.15, 0.2) is 24.3 Å². The molecule has 1 N–H and O–H groups in total. The molecule has 0 bridgehead atoms. The van der Waals surface area contributed by atoms with E-state index in [0.29, 0.717) is 12.1 Å². The molecule has 1 fully saturated rings. The molecule has 1 aromatic carbocycles. The van der Waals surface area contributed by atoms with Gasteiger partial charge in [-0.2, -0.15) is 0 Å². The van der Waals surface area contributed by atoms with Crippen LogP contribution in [0.4, 0.5) is 0 Å². The number of benzene rings is 1. The second-order valence-corrected chi connectivity index (χ2v) is 6.49. The third kappa shape index (κ3) is 4.45. The number of carbonyl (C=O) groups is 1. The second kappa shape index (κ2) is 7.95. The Hall–Kier alpha value is -1.10. The van der Waals surface area contributed by atoms with Gasteiger partial charge < -0.3 is 5.11 Å². The lowest BCUT2D eigenvalue weighted by Crippen LogP contribution is -2.45. The van der Waals surface area contributed by atoms with Crippen molar-refractivity contribution in [1.29, 1.82) is 0 Å². The van der Waals surface area contributed by atoms with E-state index in [0.717, 1.165) is 37.4 Å². The number of likely N-dealkylation sites (tertiary alicyclic amines) is 1. The topological polar surface area (TPSA) is 43.8 Å². The first-order valence-electron chi connectivity index (χ1n) is 7.92. The first-order chi connectivity index (χ1) is 10.5. The summed E-state index contributed by atoms with van der Waals surface area (Å²) in [6, 6.07) is 8.91. The van der Waals surface area contributed by atoms with Crippen molar-refractivity contribution in [2.24, 2.45) is 0 Å². The highest BCUT2D eigenvalue weighted by molar-refractivity contribution is 6.30. The molecule has 0 aromatic heterocycles. The lowest BCUT2D eigenvalue weighted by Gasteiger charge is -2.40. The summed E-state index contributed by atoms with van der Waals surface area (Å²) in [6.45, 7) is 4.35. The molecular weight excluding hydrogens is 300 g/mol. The Labute approximate surface area is 137 Å². The Balaban J connectivity index is 1.94. The normalized spacial score (nSPS) is 18.5. The zero-order chi connectivity index (χ0) is 16.1. The zero-order valence-electron chi connectivity index (χ0n) is 13.3. The average Bonchev–Trinajstić information content (AvgIpc) is 2.50. The van der Waals surface area contributed by atoms with E-state index in [1.807, 2.05) is 24.1 Å². The van der Waals surface area contributed by atoms with Crippen LogP contribution in [0.3, 0.4) is 0 Å². The van der Waals surface area contributed by atoms with E-state index >= 15 is 0 Å². The third-order valence-corrected chi connectivity index (χ3v) is 4.84. The fourth-order valence-corrected chi connectivity index (χ4v) is 3.50. The summed E-state index contributed by atoms with van der Waals surface area (Å²) < 4.78 is 0. The van der Waals surface area contributed by atoms with E-state index in [2.05, 4.69) is 24.0 Å². The van der Waals surface area contributed by atoms with Crippen molar-refractivity contribution in [3.8, 4) is 0 Å². The van der Waals surface area contributed by atoms with E-state index in [1.165, 1.54) is 5.56 Å². The molecule has 5 heteroatoms. The van der Waals surface area contributed by atoms with Gasteiger partial charge in [-0.3, -0.25) is 14.6 Å². The van der Waals surface area contributed by atoms with E-state index in [-0.39, 0.29) is 6.54 Å². The molecule has 1 heterocycles. The molecule has 1 aliphatic rings. The maximum absolute atomic E-state index is 10.8. The molecule has 0 saturated carbocycles. The number of nitrogens with zero attached hydrogens (tertiary/aromatic N) is 2. The first-order valence-corrected chi connectivity index (χ1v) is 8.30. The van der Waals surface area contributed by atoms with Crippen LogP contribution >= 0.6 is 11.6 Å². The van der Waals surface area contributed by atoms with Crippen molar-refractivity contribution < 1.29 is 9.90 Å². The van der Waals surface area contributed by atoms with Gasteiger partial charge in [-0.25, -0.2) is 0 Å². The number of aliphatic carboxylic acids is 1. The summed E-state index contributed by atoms with van der Waals surface area (Å²) in [5.41, 5.74) is 1.31. The number of hydrogen-bond donors (Lipinski definition) is 1. The summed E-state index contributed by atoms with van der Waals surface area (Å²) in [7, 11) is 1.91. The lowest BCUT2D eigenvalue weighted by atomic mass is 9.97. The Morgan fingerprint density at radius 2 is 1.95 bits per heavy atom. The summed E-state index contributed by atoms with van der Waals surface area (Å²) in [5.74, 6) is -0.752. The predicted octanol–water partition coefficient (Wildman–Crippen LogP) is 3.27. The van der Waals surface area contributed by atoms with E-state index in [4.69, 9.17) is 16.7 Å². The molecule has 0 aliphatic carbocycles. The lowest BCUT2D eigenvalue weighted by molar-refractivity contribution is -0.138. The SMILES string of the molecule is CCC(c1ccc(Cl)cc1)N1CCC(N(C)CC(=O)O)CC1. The zero-order valence-corrected chi connectivity index (χ0v) is 14.1. The van der Waals surface area contributed by atoms with Crippen LogP contribution in [-0.4, -0.2) is 53.6 Å². The summed E-state index contributed by atoms with van der Waals surface area (Å²) in [6.07, 6.45) is 3.11. The quantitative estimate of drug-likeness (QED) is 0.872. The fourth-order valence-electron chi connectivity index (χ4n) is 3.37. The average molecular weight is 325 g/mol. The Kier molecular flexibility index (Phi) is 6.24. The van der Waals surface area contributed by atoms with Gasteiger partial charge in [0.25, 0.3) is 0 Å². The van der Waals surface area contributed by atoms with Crippen LogP contribution in [0.5, 0.6) is 0 Å². The van der Waals surface area contributed by atoms with Gasteiger partial charge in [0.2, 0.25) is 0 Å². The second-order valence-electron chi connectivity index (χ2n) is 6.05. The summed E-state index contributed by atoms with van der Waals surface area (Å²) >= 11 is 5.97. The van der Waals surface area contributed by atoms with Crippen molar-refractivity contribution >= 4 is 17.6 Å². The van der Waals surface area contributed by atoms with E-state index < -0.39 is 5.97 Å². The molecule has 0 radical (unpaired) electrons. The Morgan fingerprint density at radius 1 is 1.36 bits per heavy atom. The molecule has 1 aliphatic heterocycles. The minimum atomic E-state index is -0.752. The van der Waals surface area contributed by atoms with Crippen LogP contribution in [0.2, 0.25) is 5.02 Å². The van der Waals surface area contributed by atoms with Crippen LogP contribution in [0, 0.1) is 0 Å². The maximum Gasteiger partial charge on any atom is 0.317 e. The number of carboxylic acids is 1. The number of piperidine rings is 1. The smallest absolute Gasteiger partial charge is 0.317 e. The molecule has 1 saturated heterocycles. The first kappa shape index (κ1) is 17.3. The third-order valence-electron chi connectivity index (χ3n) is 4.59. The number of rotatable bonds is 6. The number of likely N-dealkylation sites (N-methyl/N-ethyl adjacent to an activating group) is 1. The van der Waals surface area contributed by atoms with Gasteiger partial charge in [-0.1, -0.05) is 30.7 Å². The van der Waals surface area contributed by atoms with Crippen molar-refractivity contribution in [1.82, 2.24) is 9.80 Å². The van der Waals surface area contributed by atoms with Gasteiger partial charge in [0.1, 0.15) is 0 Å². The molecule has 1 aromatic rings. The van der Waals surface area contributed by atoms with Crippen molar-refractivity contribution in [3.05, 3.63) is 34.9 Å². The van der Waals surface area contributed by atoms with Crippen molar-refractivity contribution in [2.75, 3.05) is 26.7 Å². The van der Waals surface area contributed by atoms with E-state index in [1.54, 1.807) is 0 Å². The summed E-state index contributed by atoms with van der Waals surface area (Å²) in [5, 5.41) is 9.67. The van der Waals surface area contributed by atoms with Crippen LogP contribution in [-0.2, 0) is 4.79 Å². The molecular formula is C17H25ClN2O2. The maximum atomic E-state index is 10.8. The predicted molar refractivity (Wildman–Crippen MR) is 89.3 cm³/mol. The van der Waals surface area contributed by atoms with Gasteiger partial charge in [-0.05, 0) is 44.0 Å². The van der Waals surface area contributed by atoms with Gasteiger partial charge >= 0.3 is 5.97 Å². The van der Waals surface area contributed by atoms with Crippen molar-refractivity contribution in [3.63, 3.8) is 0 Å². The number of hydrogen-bond acceptors (Lipinski definition) is 3. The molecule has 1 atom stereocenters.